The topological polar surface area (TPSA) is 66.5 Å². The van der Waals surface area contributed by atoms with E-state index in [9.17, 15) is 14.4 Å². The minimum absolute atomic E-state index is 0.0294. The third-order valence-electron chi connectivity index (χ3n) is 6.41. The number of rotatable bonds is 7. The van der Waals surface area contributed by atoms with Crippen LogP contribution in [0.15, 0.2) is 42.5 Å². The van der Waals surface area contributed by atoms with Crippen LogP contribution >= 0.6 is 0 Å². The number of hydrogen-bond acceptors (Lipinski definition) is 3. The molecule has 1 unspecified atom stereocenters. The van der Waals surface area contributed by atoms with E-state index in [0.717, 1.165) is 16.9 Å². The molecule has 3 amide bonds. The van der Waals surface area contributed by atoms with Gasteiger partial charge in [-0.25, -0.2) is 0 Å². The molecule has 64 heavy (non-hydrogen) atoms. The second kappa shape index (κ2) is 35.4. The number of terminal acetylenes is 1. The van der Waals surface area contributed by atoms with Gasteiger partial charge in [0.1, 0.15) is 0 Å². The van der Waals surface area contributed by atoms with E-state index in [1.54, 1.807) is 6.92 Å². The fraction of sp³-hybridized carbons (Fsp3) is 0.169. The number of hydrogen-bond donors (Lipinski definition) is 1. The third kappa shape index (κ3) is 30.4. The number of amides is 3. The highest BCUT2D eigenvalue weighted by Crippen LogP contribution is 2.27. The van der Waals surface area contributed by atoms with Gasteiger partial charge in [-0.3, -0.25) is 19.3 Å². The van der Waals surface area contributed by atoms with Crippen LogP contribution in [0.2, 0.25) is 0 Å². The lowest BCUT2D eigenvalue weighted by molar-refractivity contribution is -0.137. The summed E-state index contributed by atoms with van der Waals surface area (Å²) in [4.78, 5) is 36.8. The quantitative estimate of drug-likeness (QED) is 0.341. The molecule has 5 heteroatoms. The fourth-order valence-electron chi connectivity index (χ4n) is 4.11. The lowest BCUT2D eigenvalue weighted by Crippen LogP contribution is -2.41. The van der Waals surface area contributed by atoms with Gasteiger partial charge < -0.3 is 5.32 Å². The molecule has 1 aliphatic rings. The van der Waals surface area contributed by atoms with E-state index in [-0.39, 0.29) is 42.1 Å². The van der Waals surface area contributed by atoms with Crippen LogP contribution < -0.4 is 5.32 Å². The minimum Gasteiger partial charge on any atom is -0.354 e. The SMILES string of the molecule is C#CC#CC#CC#CC#CC#CC#CC#CC#CC#CC#CC#CC#CC#CC#CC#CC#CC#CC#CC.CC(C)(C)CC(Cc1ccccc1)C(=O)NCCN1C(=O)C=CC1=O. The zero-order valence-electron chi connectivity index (χ0n) is 35.2. The summed E-state index contributed by atoms with van der Waals surface area (Å²) in [6.07, 6.45) is 8.87. The number of benzene rings is 1. The lowest BCUT2D eigenvalue weighted by Gasteiger charge is -2.26. The van der Waals surface area contributed by atoms with Crippen molar-refractivity contribution in [2.45, 2.75) is 40.5 Å². The van der Waals surface area contributed by atoms with Gasteiger partial charge in [-0.05, 0) is 125 Å². The first-order valence-corrected chi connectivity index (χ1v) is 18.4. The maximum Gasteiger partial charge on any atom is 0.253 e. The Morgan fingerprint density at radius 2 is 0.844 bits per heavy atom. The molecule has 0 aromatic heterocycles. The molecule has 1 aromatic rings. The Morgan fingerprint density at radius 1 is 0.531 bits per heavy atom. The molecule has 2 rings (SSSR count). The Labute approximate surface area is 379 Å². The second-order valence-corrected chi connectivity index (χ2v) is 12.4. The average molecular weight is 815 g/mol. The first-order chi connectivity index (χ1) is 31.2. The van der Waals surface area contributed by atoms with Gasteiger partial charge >= 0.3 is 0 Å². The predicted molar refractivity (Wildman–Crippen MR) is 251 cm³/mol. The highest BCUT2D eigenvalue weighted by atomic mass is 16.2. The second-order valence-electron chi connectivity index (χ2n) is 12.4. The smallest absolute Gasteiger partial charge is 0.253 e. The molecule has 1 aliphatic heterocycles. The number of carbonyl (C=O) groups excluding carboxylic acids is 3. The fourth-order valence-corrected chi connectivity index (χ4v) is 4.11. The van der Waals surface area contributed by atoms with Crippen LogP contribution in [0.1, 0.15) is 39.7 Å². The normalized spacial score (nSPS) is 8.45. The van der Waals surface area contributed by atoms with Gasteiger partial charge in [0, 0.05) is 150 Å². The van der Waals surface area contributed by atoms with Gasteiger partial charge in [-0.2, -0.15) is 0 Å². The van der Waals surface area contributed by atoms with Crippen molar-refractivity contribution in [3.05, 3.63) is 48.0 Å². The van der Waals surface area contributed by atoms with E-state index in [2.05, 4.69) is 245 Å². The monoisotopic (exact) mass is 814 g/mol. The average Bonchev–Trinajstić information content (AvgIpc) is 3.60. The number of imide groups is 1. The van der Waals surface area contributed by atoms with Crippen molar-refractivity contribution in [1.29, 1.82) is 0 Å². The summed E-state index contributed by atoms with van der Waals surface area (Å²) in [5, 5.41) is 2.88. The van der Waals surface area contributed by atoms with Crippen LogP contribution in [0.3, 0.4) is 0 Å². The van der Waals surface area contributed by atoms with E-state index in [4.69, 9.17) is 6.42 Å². The molecule has 0 fully saturated rings. The molecule has 1 N–H and O–H groups in total. The zero-order valence-corrected chi connectivity index (χ0v) is 35.2. The summed E-state index contributed by atoms with van der Waals surface area (Å²) < 4.78 is 0. The summed E-state index contributed by atoms with van der Waals surface area (Å²) >= 11 is 0. The Bertz CT molecular complexity index is 3240. The van der Waals surface area contributed by atoms with Crippen molar-refractivity contribution in [3.63, 3.8) is 0 Å². The largest absolute Gasteiger partial charge is 0.354 e. The highest BCUT2D eigenvalue weighted by Gasteiger charge is 2.26. The summed E-state index contributed by atoms with van der Waals surface area (Å²) in [6, 6.07) is 9.95. The van der Waals surface area contributed by atoms with Crippen LogP contribution in [-0.2, 0) is 20.8 Å². The molecule has 1 aromatic carbocycles. The van der Waals surface area contributed by atoms with Crippen molar-refractivity contribution >= 4 is 17.7 Å². The molecule has 5 nitrogen and oxygen atoms in total. The van der Waals surface area contributed by atoms with E-state index in [1.165, 1.54) is 12.2 Å². The van der Waals surface area contributed by atoms with Crippen LogP contribution in [0.5, 0.6) is 0 Å². The minimum atomic E-state index is -0.324. The van der Waals surface area contributed by atoms with E-state index < -0.39 is 0 Å². The van der Waals surface area contributed by atoms with Gasteiger partial charge in [0.15, 0.2) is 0 Å². The Balaban J connectivity index is 0.000000700. The van der Waals surface area contributed by atoms with Crippen LogP contribution in [-0.4, -0.2) is 35.7 Å². The standard InChI is InChI=1S/C39H4.C20H26N2O3/c1-3-5-7-9-11-13-15-17-19-21-23-25-27-29-31-33-35-37-39-38-36-34-32-30-28-26-24-22-20-18-16-14-12-10-8-6-4-2;1-20(2,3)14-16(13-15-7-5-4-6-8-15)19(25)21-11-12-22-17(23)9-10-18(22)24/h1H,2H3;4-10,16H,11-14H2,1-3H3,(H,21,25). The molecule has 1 atom stereocenters. The van der Waals surface area contributed by atoms with E-state index in [0.29, 0.717) is 6.42 Å². The zero-order chi connectivity index (χ0) is 46.6. The summed E-state index contributed by atoms with van der Waals surface area (Å²) in [5.74, 6) is 91.0. The van der Waals surface area contributed by atoms with Gasteiger partial charge in [-0.1, -0.05) is 57.0 Å². The Kier molecular flexibility index (Phi) is 28.3. The molecule has 0 spiro atoms. The predicted octanol–water partition coefficient (Wildman–Crippen LogP) is 3.02. The lowest BCUT2D eigenvalue weighted by atomic mass is 9.81. The molecule has 0 saturated carbocycles. The molecule has 0 saturated heterocycles. The summed E-state index contributed by atoms with van der Waals surface area (Å²) in [5.41, 5.74) is 1.16. The first-order valence-electron chi connectivity index (χ1n) is 18.4. The summed E-state index contributed by atoms with van der Waals surface area (Å²) in [7, 11) is 0. The van der Waals surface area contributed by atoms with Crippen molar-refractivity contribution < 1.29 is 14.4 Å². The maximum atomic E-state index is 12.6. The van der Waals surface area contributed by atoms with Gasteiger partial charge in [0.25, 0.3) is 11.8 Å². The molecule has 1 heterocycles. The molecule has 0 aliphatic carbocycles. The Morgan fingerprint density at radius 3 is 1.14 bits per heavy atom. The molecular weight excluding hydrogens is 785 g/mol. The third-order valence-corrected chi connectivity index (χ3v) is 6.41. The molecular formula is C59H30N2O3. The molecule has 0 bridgehead atoms. The maximum absolute atomic E-state index is 12.6. The first kappa shape index (κ1) is 51.2. The highest BCUT2D eigenvalue weighted by molar-refractivity contribution is 6.12. The number of carbonyl (C=O) groups is 3. The van der Waals surface area contributed by atoms with Crippen LogP contribution in [0, 0.1) is 237 Å². The van der Waals surface area contributed by atoms with Crippen LogP contribution in [0.4, 0.5) is 0 Å². The van der Waals surface area contributed by atoms with Gasteiger partial charge in [-0.15, -0.1) is 6.42 Å². The van der Waals surface area contributed by atoms with Crippen molar-refractivity contribution in [3.8, 4) is 225 Å². The molecule has 0 radical (unpaired) electrons. The number of nitrogens with zero attached hydrogens (tertiary/aromatic N) is 1. The van der Waals surface area contributed by atoms with E-state index in [1.807, 2.05) is 30.3 Å². The van der Waals surface area contributed by atoms with Crippen molar-refractivity contribution in [2.24, 2.45) is 11.3 Å². The molecule has 294 valence electrons. The van der Waals surface area contributed by atoms with Crippen molar-refractivity contribution in [1.82, 2.24) is 10.2 Å². The van der Waals surface area contributed by atoms with E-state index >= 15 is 0 Å². The van der Waals surface area contributed by atoms with Crippen molar-refractivity contribution in [2.75, 3.05) is 13.1 Å². The number of nitrogens with one attached hydrogen (secondary N) is 1. The van der Waals surface area contributed by atoms with Gasteiger partial charge in [0.2, 0.25) is 5.91 Å². The van der Waals surface area contributed by atoms with Crippen LogP contribution in [0.25, 0.3) is 0 Å². The Hall–Kier alpha value is -10.8. The van der Waals surface area contributed by atoms with Gasteiger partial charge in [0.05, 0.1) is 0 Å². The summed E-state index contributed by atoms with van der Waals surface area (Å²) in [6.45, 7) is 8.51.